The maximum atomic E-state index is 3.91. The molecule has 22 heavy (non-hydrogen) atoms. The summed E-state index contributed by atoms with van der Waals surface area (Å²) in [6.07, 6.45) is 0. The molecule has 118 valence electrons. The van der Waals surface area contributed by atoms with E-state index in [4.69, 9.17) is 0 Å². The molecule has 0 radical (unpaired) electrons. The van der Waals surface area contributed by atoms with Crippen molar-refractivity contribution < 1.29 is 0 Å². The minimum Gasteiger partial charge on any atom is -0.144 e. The van der Waals surface area contributed by atoms with Gasteiger partial charge in [0.1, 0.15) is 0 Å². The second kappa shape index (κ2) is 5.53. The highest BCUT2D eigenvalue weighted by molar-refractivity contribution is 9.11. The summed E-state index contributed by atoms with van der Waals surface area (Å²) < 4.78 is 8.56. The van der Waals surface area contributed by atoms with Crippen LogP contribution in [0.25, 0.3) is 20.2 Å². The molecule has 0 atom stereocenters. The first kappa shape index (κ1) is 17.4. The van der Waals surface area contributed by atoms with Crippen molar-refractivity contribution >= 4 is 99.9 Å². The second-order valence-corrected chi connectivity index (χ2v) is 22.3. The molecular weight excluding hydrogens is 472 g/mol. The van der Waals surface area contributed by atoms with Crippen molar-refractivity contribution in [2.75, 3.05) is 0 Å². The van der Waals surface area contributed by atoms with Crippen molar-refractivity contribution in [2.24, 2.45) is 0 Å². The average molecular weight is 492 g/mol. The molecule has 0 aliphatic carbocycles. The van der Waals surface area contributed by atoms with Gasteiger partial charge in [0.05, 0.1) is 16.1 Å². The van der Waals surface area contributed by atoms with Crippen LogP contribution in [-0.4, -0.2) is 16.1 Å². The van der Waals surface area contributed by atoms with Crippen molar-refractivity contribution in [1.29, 1.82) is 0 Å². The molecule has 2 heterocycles. The maximum absolute atomic E-state index is 3.91. The van der Waals surface area contributed by atoms with E-state index in [1.165, 1.54) is 29.1 Å². The molecule has 0 spiro atoms. The van der Waals surface area contributed by atoms with Crippen LogP contribution >= 0.6 is 54.5 Å². The lowest BCUT2D eigenvalue weighted by molar-refractivity contribution is 1.77. The maximum Gasteiger partial charge on any atom is 0.0919 e. The van der Waals surface area contributed by atoms with Gasteiger partial charge in [-0.05, 0) is 53.9 Å². The third-order valence-corrected chi connectivity index (χ3v) is 15.7. The van der Waals surface area contributed by atoms with Crippen LogP contribution in [-0.2, 0) is 0 Å². The van der Waals surface area contributed by atoms with Gasteiger partial charge >= 0.3 is 0 Å². The molecule has 0 saturated carbocycles. The Morgan fingerprint density at radius 1 is 0.818 bits per heavy atom. The Hall–Kier alpha value is 0.534. The van der Waals surface area contributed by atoms with E-state index >= 15 is 0 Å². The highest BCUT2D eigenvalue weighted by Crippen LogP contribution is 2.42. The summed E-state index contributed by atoms with van der Waals surface area (Å²) in [5.41, 5.74) is 0. The molecule has 0 N–H and O–H groups in total. The van der Waals surface area contributed by atoms with Crippen molar-refractivity contribution in [3.63, 3.8) is 0 Å². The summed E-state index contributed by atoms with van der Waals surface area (Å²) >= 11 is 11.8. The molecule has 0 nitrogen and oxygen atoms in total. The highest BCUT2D eigenvalue weighted by Gasteiger charge is 2.26. The van der Waals surface area contributed by atoms with Gasteiger partial charge in [0.2, 0.25) is 0 Å². The van der Waals surface area contributed by atoms with Gasteiger partial charge in [0, 0.05) is 28.2 Å². The molecule has 3 aromatic rings. The molecule has 3 rings (SSSR count). The molecule has 1 aromatic carbocycles. The second-order valence-electron chi connectivity index (χ2n) is 7.84. The Kier molecular flexibility index (Phi) is 4.36. The van der Waals surface area contributed by atoms with Crippen molar-refractivity contribution in [3.8, 4) is 0 Å². The van der Waals surface area contributed by atoms with Crippen molar-refractivity contribution in [1.82, 2.24) is 0 Å². The first-order valence-corrected chi connectivity index (χ1v) is 17.6. The Bertz CT molecular complexity index is 880. The quantitative estimate of drug-likeness (QED) is 0.348. The zero-order valence-corrected chi connectivity index (χ0v) is 20.5. The van der Waals surface area contributed by atoms with Crippen LogP contribution in [0.15, 0.2) is 21.1 Å². The van der Waals surface area contributed by atoms with Crippen molar-refractivity contribution in [3.05, 3.63) is 21.1 Å². The Morgan fingerprint density at radius 2 is 1.45 bits per heavy atom. The third kappa shape index (κ3) is 2.84. The summed E-state index contributed by atoms with van der Waals surface area (Å²) in [6.45, 7) is 14.5. The van der Waals surface area contributed by atoms with E-state index in [9.17, 15) is 0 Å². The molecule has 0 aliphatic rings. The lowest BCUT2D eigenvalue weighted by Crippen LogP contribution is -2.35. The van der Waals surface area contributed by atoms with E-state index in [0.29, 0.717) is 0 Å². The van der Waals surface area contributed by atoms with Crippen LogP contribution in [0.5, 0.6) is 0 Å². The predicted octanol–water partition coefficient (Wildman–Crippen LogP) is 6.73. The van der Waals surface area contributed by atoms with Crippen LogP contribution < -0.4 is 9.00 Å². The first-order chi connectivity index (χ1) is 10.00. The minimum absolute atomic E-state index is 1.25. The van der Waals surface area contributed by atoms with Gasteiger partial charge < -0.3 is 0 Å². The Labute approximate surface area is 159 Å². The van der Waals surface area contributed by atoms with Gasteiger partial charge in [-0.15, -0.1) is 22.7 Å². The van der Waals surface area contributed by atoms with E-state index in [2.05, 4.69) is 83.3 Å². The van der Waals surface area contributed by atoms with Crippen LogP contribution in [0.3, 0.4) is 0 Å². The van der Waals surface area contributed by atoms with E-state index in [-0.39, 0.29) is 0 Å². The number of halogens is 2. The molecule has 0 amide bonds. The number of thiophene rings is 2. The number of hydrogen-bond acceptors (Lipinski definition) is 2. The number of fused-ring (bicyclic) bond motifs is 2. The highest BCUT2D eigenvalue weighted by atomic mass is 79.9. The van der Waals surface area contributed by atoms with Gasteiger partial charge in [0.15, 0.2) is 0 Å². The zero-order chi connectivity index (χ0) is 16.4. The van der Waals surface area contributed by atoms with Crippen molar-refractivity contribution in [2.45, 2.75) is 39.3 Å². The average Bonchev–Trinajstić information content (AvgIpc) is 2.90. The molecule has 0 bridgehead atoms. The lowest BCUT2D eigenvalue weighted by Gasteiger charge is -2.14. The smallest absolute Gasteiger partial charge is 0.0919 e. The van der Waals surface area contributed by atoms with Crippen LogP contribution in [0, 0.1) is 0 Å². The predicted molar refractivity (Wildman–Crippen MR) is 119 cm³/mol. The van der Waals surface area contributed by atoms with Gasteiger partial charge in [-0.25, -0.2) is 0 Å². The molecule has 0 saturated heterocycles. The van der Waals surface area contributed by atoms with E-state index < -0.39 is 16.1 Å². The molecule has 0 unspecified atom stereocenters. The molecule has 0 fully saturated rings. The number of hydrogen-bond donors (Lipinski definition) is 0. The van der Waals surface area contributed by atoms with Crippen LogP contribution in [0.4, 0.5) is 0 Å². The summed E-state index contributed by atoms with van der Waals surface area (Å²) in [7, 11) is -2.57. The van der Waals surface area contributed by atoms with Crippen LogP contribution in [0.1, 0.15) is 0 Å². The van der Waals surface area contributed by atoms with E-state index in [1.807, 2.05) is 22.7 Å². The first-order valence-electron chi connectivity index (χ1n) is 7.35. The fourth-order valence-electron chi connectivity index (χ4n) is 2.52. The van der Waals surface area contributed by atoms with E-state index in [1.54, 1.807) is 9.00 Å². The molecule has 6 heteroatoms. The number of benzene rings is 1. The van der Waals surface area contributed by atoms with Gasteiger partial charge in [-0.3, -0.25) is 0 Å². The third-order valence-electron chi connectivity index (χ3n) is 3.76. The number of rotatable bonds is 2. The SMILES string of the molecule is C[Si](C)(C)c1cc2cc3sc([Si](C)(C)C)c(Br)c3c(Br)c2s1. The van der Waals surface area contributed by atoms with E-state index in [0.717, 1.165) is 0 Å². The summed E-state index contributed by atoms with van der Waals surface area (Å²) in [6, 6.07) is 4.83. The Balaban J connectivity index is 2.36. The zero-order valence-electron chi connectivity index (χ0n) is 13.7. The summed E-state index contributed by atoms with van der Waals surface area (Å²) in [4.78, 5) is 0. The molecule has 0 aliphatic heterocycles. The molecule has 2 aromatic heterocycles. The minimum atomic E-state index is -1.32. The normalized spacial score (nSPS) is 13.5. The van der Waals surface area contributed by atoms with Gasteiger partial charge in [-0.1, -0.05) is 39.3 Å². The monoisotopic (exact) mass is 490 g/mol. The largest absolute Gasteiger partial charge is 0.144 e. The van der Waals surface area contributed by atoms with Crippen LogP contribution in [0.2, 0.25) is 39.3 Å². The standard InChI is InChI=1S/C16H20Br2S2Si2/c1-21(2,3)11-8-9-7-10-12(13(17)15(9)20-11)14(18)16(19-10)22(4,5)6/h7-8H,1-6H3. The fourth-order valence-corrected chi connectivity index (χ4v) is 12.6. The topological polar surface area (TPSA) is 0 Å². The molecular formula is C16H20Br2S2Si2. The van der Waals surface area contributed by atoms with Gasteiger partial charge in [0.25, 0.3) is 0 Å². The van der Waals surface area contributed by atoms with Gasteiger partial charge in [-0.2, -0.15) is 0 Å². The fraction of sp³-hybridized carbons (Fsp3) is 0.375. The Morgan fingerprint density at radius 3 is 2.00 bits per heavy atom. The summed E-state index contributed by atoms with van der Waals surface area (Å²) in [5.74, 6) is 0. The summed E-state index contributed by atoms with van der Waals surface area (Å²) in [5, 5.41) is 2.77. The lowest BCUT2D eigenvalue weighted by atomic mass is 10.2.